The van der Waals surface area contributed by atoms with Gasteiger partial charge in [-0.3, -0.25) is 9.59 Å². The Morgan fingerprint density at radius 1 is 1.00 bits per heavy atom. The number of benzene rings is 3. The maximum atomic E-state index is 13.6. The number of hydrogen-bond acceptors (Lipinski definition) is 6. The van der Waals surface area contributed by atoms with Crippen LogP contribution in [0.4, 0.5) is 5.00 Å². The van der Waals surface area contributed by atoms with E-state index in [1.807, 2.05) is 56.3 Å². The Morgan fingerprint density at radius 3 is 2.53 bits per heavy atom. The highest BCUT2D eigenvalue weighted by Gasteiger charge is 2.23. The molecule has 0 radical (unpaired) electrons. The first-order valence-electron chi connectivity index (χ1n) is 11.5. The number of nitrogens with zero attached hydrogens (tertiary/aromatic N) is 2. The highest BCUT2D eigenvalue weighted by molar-refractivity contribution is 7.16. The van der Waals surface area contributed by atoms with Gasteiger partial charge in [-0.2, -0.15) is 9.78 Å². The summed E-state index contributed by atoms with van der Waals surface area (Å²) in [5.41, 5.74) is 2.62. The molecule has 3 aromatic carbocycles. The van der Waals surface area contributed by atoms with Gasteiger partial charge >= 0.3 is 5.97 Å². The van der Waals surface area contributed by atoms with Crippen LogP contribution in [0.1, 0.15) is 38.9 Å². The molecule has 0 fully saturated rings. The zero-order valence-corrected chi connectivity index (χ0v) is 20.8. The van der Waals surface area contributed by atoms with Crippen molar-refractivity contribution in [1.29, 1.82) is 0 Å². The van der Waals surface area contributed by atoms with Crippen LogP contribution < -0.4 is 10.9 Å². The smallest absolute Gasteiger partial charge is 0.359 e. The second-order valence-electron chi connectivity index (χ2n) is 8.42. The van der Waals surface area contributed by atoms with E-state index in [1.165, 1.54) is 16.0 Å². The molecule has 8 heteroatoms. The van der Waals surface area contributed by atoms with Crippen molar-refractivity contribution in [3.63, 3.8) is 0 Å². The lowest BCUT2D eigenvalue weighted by atomic mass is 10.1. The quantitative estimate of drug-likeness (QED) is 0.317. The van der Waals surface area contributed by atoms with Gasteiger partial charge in [0.2, 0.25) is 0 Å². The fraction of sp³-hybridized carbons (Fsp3) is 0.143. The molecule has 0 bridgehead atoms. The van der Waals surface area contributed by atoms with Crippen molar-refractivity contribution >= 4 is 49.8 Å². The van der Waals surface area contributed by atoms with Gasteiger partial charge in [-0.25, -0.2) is 4.79 Å². The van der Waals surface area contributed by atoms with Crippen LogP contribution in [-0.2, 0) is 4.74 Å². The van der Waals surface area contributed by atoms with Crippen LogP contribution in [0.15, 0.2) is 70.8 Å². The summed E-state index contributed by atoms with van der Waals surface area (Å²) >= 11 is 1.17. The van der Waals surface area contributed by atoms with Gasteiger partial charge in [0, 0.05) is 16.3 Å². The summed E-state index contributed by atoms with van der Waals surface area (Å²) in [5, 5.41) is 11.8. The highest BCUT2D eigenvalue weighted by Crippen LogP contribution is 2.31. The summed E-state index contributed by atoms with van der Waals surface area (Å²) in [4.78, 5) is 39.6. The largest absolute Gasteiger partial charge is 0.461 e. The minimum absolute atomic E-state index is 0.0205. The van der Waals surface area contributed by atoms with Crippen LogP contribution in [0.25, 0.3) is 27.2 Å². The lowest BCUT2D eigenvalue weighted by Gasteiger charge is -2.11. The van der Waals surface area contributed by atoms with Crippen LogP contribution in [0.3, 0.4) is 0 Å². The molecule has 0 atom stereocenters. The number of aryl methyl sites for hydroxylation is 2. The van der Waals surface area contributed by atoms with Crippen molar-refractivity contribution in [2.75, 3.05) is 11.9 Å². The molecule has 2 aromatic heterocycles. The van der Waals surface area contributed by atoms with Crippen LogP contribution in [0.2, 0.25) is 0 Å². The lowest BCUT2D eigenvalue weighted by molar-refractivity contribution is 0.0520. The van der Waals surface area contributed by atoms with Crippen molar-refractivity contribution in [2.24, 2.45) is 0 Å². The van der Waals surface area contributed by atoms with Crippen molar-refractivity contribution in [3.05, 3.63) is 98.8 Å². The average Bonchev–Trinajstić information content (AvgIpc) is 3.30. The summed E-state index contributed by atoms with van der Waals surface area (Å²) in [7, 11) is 0. The van der Waals surface area contributed by atoms with Crippen LogP contribution in [0.5, 0.6) is 0 Å². The first-order valence-corrected chi connectivity index (χ1v) is 12.3. The summed E-state index contributed by atoms with van der Waals surface area (Å²) in [6.07, 6.45) is 0. The van der Waals surface area contributed by atoms with E-state index >= 15 is 0 Å². The standard InChI is InChI=1S/C28H23N3O4S/c1-4-35-28(34)24-22-15-36-26(29-25(32)20-11-10-18-7-5-6-8-19(18)14-20)23(22)27(33)31(30-24)21-12-9-16(2)17(3)13-21/h5-15H,4H2,1-3H3,(H,29,32). The fourth-order valence-electron chi connectivity index (χ4n) is 4.03. The van der Waals surface area contributed by atoms with E-state index in [2.05, 4.69) is 10.4 Å². The van der Waals surface area contributed by atoms with Gasteiger partial charge < -0.3 is 10.1 Å². The number of aromatic nitrogens is 2. The van der Waals surface area contributed by atoms with Gasteiger partial charge in [-0.15, -0.1) is 11.3 Å². The number of esters is 1. The van der Waals surface area contributed by atoms with Crippen molar-refractivity contribution in [3.8, 4) is 5.69 Å². The second-order valence-corrected chi connectivity index (χ2v) is 9.30. The SMILES string of the molecule is CCOC(=O)c1nn(-c2ccc(C)c(C)c2)c(=O)c2c(NC(=O)c3ccc4ccccc4c3)scc12. The zero-order chi connectivity index (χ0) is 25.4. The van der Waals surface area contributed by atoms with E-state index < -0.39 is 11.5 Å². The van der Waals surface area contributed by atoms with Crippen LogP contribution in [0, 0.1) is 13.8 Å². The molecule has 0 unspecified atom stereocenters. The highest BCUT2D eigenvalue weighted by atomic mass is 32.1. The summed E-state index contributed by atoms with van der Waals surface area (Å²) in [6.45, 7) is 5.79. The molecule has 5 aromatic rings. The Kier molecular flexibility index (Phi) is 6.12. The fourth-order valence-corrected chi connectivity index (χ4v) is 4.96. The number of amides is 1. The topological polar surface area (TPSA) is 90.3 Å². The molecular weight excluding hydrogens is 474 g/mol. The predicted molar refractivity (Wildman–Crippen MR) is 143 cm³/mol. The minimum atomic E-state index is -0.634. The van der Waals surface area contributed by atoms with E-state index in [-0.39, 0.29) is 23.6 Å². The number of rotatable bonds is 5. The number of anilines is 1. The van der Waals surface area contributed by atoms with E-state index in [4.69, 9.17) is 4.74 Å². The molecule has 36 heavy (non-hydrogen) atoms. The second kappa shape index (κ2) is 9.39. The Hall–Kier alpha value is -4.30. The van der Waals surface area contributed by atoms with E-state index in [9.17, 15) is 14.4 Å². The molecule has 0 aliphatic rings. The molecule has 0 spiro atoms. The van der Waals surface area contributed by atoms with Gasteiger partial charge in [0.15, 0.2) is 5.69 Å². The maximum Gasteiger partial charge on any atom is 0.359 e. The van der Waals surface area contributed by atoms with E-state index in [0.29, 0.717) is 21.6 Å². The molecule has 0 aliphatic carbocycles. The Labute approximate surface area is 211 Å². The lowest BCUT2D eigenvalue weighted by Crippen LogP contribution is -2.25. The van der Waals surface area contributed by atoms with Gasteiger partial charge in [0.1, 0.15) is 5.00 Å². The molecule has 7 nitrogen and oxygen atoms in total. The molecule has 180 valence electrons. The molecule has 2 heterocycles. The molecule has 1 N–H and O–H groups in total. The number of carbonyl (C=O) groups excluding carboxylic acids is 2. The number of nitrogens with one attached hydrogen (secondary N) is 1. The maximum absolute atomic E-state index is 13.6. The van der Waals surface area contributed by atoms with Crippen molar-refractivity contribution in [2.45, 2.75) is 20.8 Å². The van der Waals surface area contributed by atoms with Crippen LogP contribution >= 0.6 is 11.3 Å². The number of thiophene rings is 1. The first-order chi connectivity index (χ1) is 17.4. The van der Waals surface area contributed by atoms with Crippen molar-refractivity contribution < 1.29 is 14.3 Å². The molecule has 5 rings (SSSR count). The van der Waals surface area contributed by atoms with Crippen molar-refractivity contribution in [1.82, 2.24) is 9.78 Å². The molecule has 1 amide bonds. The number of hydrogen-bond donors (Lipinski definition) is 1. The summed E-state index contributed by atoms with van der Waals surface area (Å²) < 4.78 is 6.40. The third-order valence-electron chi connectivity index (χ3n) is 6.09. The van der Waals surface area contributed by atoms with Gasteiger partial charge in [-0.1, -0.05) is 36.4 Å². The third-order valence-corrected chi connectivity index (χ3v) is 6.99. The van der Waals surface area contributed by atoms with Gasteiger partial charge in [0.05, 0.1) is 17.7 Å². The van der Waals surface area contributed by atoms with Gasteiger partial charge in [0.25, 0.3) is 11.5 Å². The summed E-state index contributed by atoms with van der Waals surface area (Å²) in [5.74, 6) is -0.985. The molecule has 0 saturated carbocycles. The minimum Gasteiger partial charge on any atom is -0.461 e. The molecule has 0 aliphatic heterocycles. The Bertz CT molecular complexity index is 1720. The summed E-state index contributed by atoms with van der Waals surface area (Å²) in [6, 6.07) is 18.7. The molecular formula is C28H23N3O4S. The van der Waals surface area contributed by atoms with E-state index in [0.717, 1.165) is 21.9 Å². The van der Waals surface area contributed by atoms with Crippen LogP contribution in [-0.4, -0.2) is 28.3 Å². The number of ether oxygens (including phenoxy) is 1. The predicted octanol–water partition coefficient (Wildman–Crippen LogP) is 5.65. The average molecular weight is 498 g/mol. The monoisotopic (exact) mass is 497 g/mol. The normalized spacial score (nSPS) is 11.1. The Balaban J connectivity index is 1.64. The number of fused-ring (bicyclic) bond motifs is 2. The molecule has 0 saturated heterocycles. The van der Waals surface area contributed by atoms with Gasteiger partial charge in [-0.05, 0) is 66.9 Å². The third kappa shape index (κ3) is 4.16. The first kappa shape index (κ1) is 23.4. The Morgan fingerprint density at radius 2 is 1.78 bits per heavy atom. The number of carbonyl (C=O) groups is 2. The van der Waals surface area contributed by atoms with E-state index in [1.54, 1.807) is 30.5 Å². The zero-order valence-electron chi connectivity index (χ0n) is 20.0.